The lowest BCUT2D eigenvalue weighted by atomic mass is 9.79. The zero-order chi connectivity index (χ0) is 16.0. The average molecular weight is 306 g/mol. The number of rotatable bonds is 6. The zero-order valence-electron chi connectivity index (χ0n) is 12.7. The summed E-state index contributed by atoms with van der Waals surface area (Å²) in [5.41, 5.74) is 4.79. The van der Waals surface area contributed by atoms with Crippen LogP contribution in [0, 0.1) is 5.41 Å². The Hall–Kier alpha value is -2.08. The Morgan fingerprint density at radius 3 is 2.55 bits per heavy atom. The third-order valence-corrected chi connectivity index (χ3v) is 4.00. The number of hydrogen-bond acceptors (Lipinski definition) is 4. The number of benzene rings is 1. The molecule has 0 spiro atoms. The number of primary amides is 1. The molecule has 22 heavy (non-hydrogen) atoms. The van der Waals surface area contributed by atoms with E-state index in [9.17, 15) is 9.59 Å². The van der Waals surface area contributed by atoms with Crippen molar-refractivity contribution in [2.75, 3.05) is 19.8 Å². The van der Waals surface area contributed by atoms with Crippen LogP contribution in [0.2, 0.25) is 0 Å². The normalized spacial score (nSPS) is 18.2. The predicted molar refractivity (Wildman–Crippen MR) is 81.2 cm³/mol. The van der Waals surface area contributed by atoms with Gasteiger partial charge in [0.15, 0.2) is 6.10 Å². The Kier molecular flexibility index (Phi) is 5.38. The highest BCUT2D eigenvalue weighted by atomic mass is 16.5. The van der Waals surface area contributed by atoms with Crippen LogP contribution < -0.4 is 15.8 Å². The molecule has 0 saturated carbocycles. The second-order valence-electron chi connectivity index (χ2n) is 5.55. The number of amides is 2. The Morgan fingerprint density at radius 1 is 1.32 bits per heavy atom. The molecule has 120 valence electrons. The first-order chi connectivity index (χ1) is 10.5. The maximum atomic E-state index is 12.1. The number of ether oxygens (including phenoxy) is 2. The Balaban J connectivity index is 1.89. The molecule has 1 aliphatic rings. The minimum Gasteiger partial charge on any atom is -0.481 e. The molecule has 1 unspecified atom stereocenters. The Morgan fingerprint density at radius 2 is 1.95 bits per heavy atom. The van der Waals surface area contributed by atoms with Crippen LogP contribution in [0.1, 0.15) is 19.8 Å². The number of carbonyl (C=O) groups excluding carboxylic acids is 2. The van der Waals surface area contributed by atoms with Gasteiger partial charge in [-0.05, 0) is 31.9 Å². The molecule has 1 saturated heterocycles. The zero-order valence-corrected chi connectivity index (χ0v) is 12.7. The van der Waals surface area contributed by atoms with E-state index in [4.69, 9.17) is 15.2 Å². The summed E-state index contributed by atoms with van der Waals surface area (Å²) in [5.74, 6) is -0.0375. The summed E-state index contributed by atoms with van der Waals surface area (Å²) < 4.78 is 10.8. The molecule has 0 radical (unpaired) electrons. The smallest absolute Gasteiger partial charge is 0.260 e. The lowest BCUT2D eigenvalue weighted by Crippen LogP contribution is -2.51. The van der Waals surface area contributed by atoms with E-state index >= 15 is 0 Å². The van der Waals surface area contributed by atoms with E-state index in [1.165, 1.54) is 0 Å². The van der Waals surface area contributed by atoms with Gasteiger partial charge in [-0.1, -0.05) is 18.2 Å². The van der Waals surface area contributed by atoms with Gasteiger partial charge in [-0.15, -0.1) is 0 Å². The Bertz CT molecular complexity index is 512. The van der Waals surface area contributed by atoms with Gasteiger partial charge in [0.25, 0.3) is 5.91 Å². The van der Waals surface area contributed by atoms with Crippen molar-refractivity contribution in [1.82, 2.24) is 5.32 Å². The van der Waals surface area contributed by atoms with Gasteiger partial charge >= 0.3 is 0 Å². The van der Waals surface area contributed by atoms with Crippen LogP contribution in [0.15, 0.2) is 30.3 Å². The molecule has 2 rings (SSSR count). The van der Waals surface area contributed by atoms with Crippen molar-refractivity contribution in [2.24, 2.45) is 11.1 Å². The molecule has 1 atom stereocenters. The maximum Gasteiger partial charge on any atom is 0.260 e. The van der Waals surface area contributed by atoms with Crippen molar-refractivity contribution in [3.05, 3.63) is 30.3 Å². The molecule has 1 fully saturated rings. The fourth-order valence-electron chi connectivity index (χ4n) is 2.43. The van der Waals surface area contributed by atoms with Crippen LogP contribution in [0.25, 0.3) is 0 Å². The van der Waals surface area contributed by atoms with Gasteiger partial charge in [-0.3, -0.25) is 9.59 Å². The highest BCUT2D eigenvalue weighted by Crippen LogP contribution is 2.29. The number of carbonyl (C=O) groups is 2. The predicted octanol–water partition coefficient (Wildman–Crippen LogP) is 0.852. The van der Waals surface area contributed by atoms with Crippen molar-refractivity contribution in [2.45, 2.75) is 25.9 Å². The van der Waals surface area contributed by atoms with Crippen LogP contribution >= 0.6 is 0 Å². The van der Waals surface area contributed by atoms with Crippen molar-refractivity contribution < 1.29 is 19.1 Å². The van der Waals surface area contributed by atoms with Crippen LogP contribution in [-0.4, -0.2) is 37.7 Å². The molecular formula is C16H22N2O4. The number of hydrogen-bond donors (Lipinski definition) is 2. The number of para-hydroxylation sites is 1. The van der Waals surface area contributed by atoms with Crippen molar-refractivity contribution in [3.63, 3.8) is 0 Å². The molecule has 0 bridgehead atoms. The number of nitrogens with one attached hydrogen (secondary N) is 1. The van der Waals surface area contributed by atoms with E-state index in [1.54, 1.807) is 19.1 Å². The molecule has 0 aliphatic carbocycles. The summed E-state index contributed by atoms with van der Waals surface area (Å²) in [6.07, 6.45) is 0.403. The van der Waals surface area contributed by atoms with Crippen molar-refractivity contribution in [3.8, 4) is 5.75 Å². The first-order valence-electron chi connectivity index (χ1n) is 7.41. The van der Waals surface area contributed by atoms with Gasteiger partial charge in [0.05, 0.1) is 5.41 Å². The molecule has 2 amide bonds. The minimum atomic E-state index is -0.722. The van der Waals surface area contributed by atoms with Crippen molar-refractivity contribution >= 4 is 11.8 Å². The van der Waals surface area contributed by atoms with E-state index in [0.29, 0.717) is 31.8 Å². The molecule has 3 N–H and O–H groups in total. The van der Waals surface area contributed by atoms with E-state index in [-0.39, 0.29) is 12.5 Å². The lowest BCUT2D eigenvalue weighted by molar-refractivity contribution is -0.135. The highest BCUT2D eigenvalue weighted by molar-refractivity contribution is 5.84. The molecular weight excluding hydrogens is 284 g/mol. The first kappa shape index (κ1) is 16.3. The monoisotopic (exact) mass is 306 g/mol. The van der Waals surface area contributed by atoms with Gasteiger partial charge in [-0.2, -0.15) is 0 Å². The second-order valence-corrected chi connectivity index (χ2v) is 5.55. The summed E-state index contributed by atoms with van der Waals surface area (Å²) in [5, 5.41) is 2.77. The largest absolute Gasteiger partial charge is 0.481 e. The van der Waals surface area contributed by atoms with Crippen LogP contribution in [0.3, 0.4) is 0 Å². The van der Waals surface area contributed by atoms with E-state index in [1.807, 2.05) is 18.2 Å². The summed E-state index contributed by atoms with van der Waals surface area (Å²) in [4.78, 5) is 23.9. The molecule has 6 nitrogen and oxygen atoms in total. The summed E-state index contributed by atoms with van der Waals surface area (Å²) >= 11 is 0. The molecule has 6 heteroatoms. The minimum absolute atomic E-state index is 0.215. The van der Waals surface area contributed by atoms with E-state index in [0.717, 1.165) is 0 Å². The van der Waals surface area contributed by atoms with Crippen LogP contribution in [-0.2, 0) is 14.3 Å². The highest BCUT2D eigenvalue weighted by Gasteiger charge is 2.39. The maximum absolute atomic E-state index is 12.1. The molecule has 1 heterocycles. The second kappa shape index (κ2) is 7.26. The van der Waals surface area contributed by atoms with Gasteiger partial charge < -0.3 is 20.5 Å². The van der Waals surface area contributed by atoms with Gasteiger partial charge in [-0.25, -0.2) is 0 Å². The van der Waals surface area contributed by atoms with E-state index in [2.05, 4.69) is 5.32 Å². The van der Waals surface area contributed by atoms with Gasteiger partial charge in [0.2, 0.25) is 5.91 Å². The standard InChI is InChI=1S/C16H22N2O4/c1-12(22-13-5-3-2-4-6-13)14(19)18-11-16(15(17)20)7-9-21-10-8-16/h2-6,12H,7-11H2,1H3,(H2,17,20)(H,18,19). The molecule has 1 aliphatic heterocycles. The van der Waals surface area contributed by atoms with E-state index < -0.39 is 17.4 Å². The fraction of sp³-hybridized carbons (Fsp3) is 0.500. The van der Waals surface area contributed by atoms with Gasteiger partial charge in [0, 0.05) is 19.8 Å². The molecule has 0 aromatic heterocycles. The molecule has 1 aromatic carbocycles. The lowest BCUT2D eigenvalue weighted by Gasteiger charge is -2.34. The summed E-state index contributed by atoms with van der Waals surface area (Å²) in [6, 6.07) is 9.12. The number of nitrogens with two attached hydrogens (primary N) is 1. The summed E-state index contributed by atoms with van der Waals surface area (Å²) in [6.45, 7) is 2.85. The third-order valence-electron chi connectivity index (χ3n) is 4.00. The first-order valence-corrected chi connectivity index (χ1v) is 7.41. The van der Waals surface area contributed by atoms with Gasteiger partial charge in [0.1, 0.15) is 5.75 Å². The summed E-state index contributed by atoms with van der Waals surface area (Å²) in [7, 11) is 0. The fourth-order valence-corrected chi connectivity index (χ4v) is 2.43. The molecule has 1 aromatic rings. The third kappa shape index (κ3) is 3.98. The SMILES string of the molecule is CC(Oc1ccccc1)C(=O)NCC1(C(N)=O)CCOCC1. The van der Waals surface area contributed by atoms with Crippen LogP contribution in [0.4, 0.5) is 0 Å². The topological polar surface area (TPSA) is 90.6 Å². The quantitative estimate of drug-likeness (QED) is 0.815. The average Bonchev–Trinajstić information content (AvgIpc) is 2.54. The van der Waals surface area contributed by atoms with Crippen LogP contribution in [0.5, 0.6) is 5.75 Å². The van der Waals surface area contributed by atoms with Crippen molar-refractivity contribution in [1.29, 1.82) is 0 Å². The Labute approximate surface area is 130 Å².